The molecule has 0 bridgehead atoms. The Balaban J connectivity index is 2.11. The first kappa shape index (κ1) is 11.8. The van der Waals surface area contributed by atoms with Crippen LogP contribution in [0.2, 0.25) is 0 Å². The third kappa shape index (κ3) is 2.93. The lowest BCUT2D eigenvalue weighted by Gasteiger charge is -2.19. The van der Waals surface area contributed by atoms with Crippen molar-refractivity contribution in [2.75, 3.05) is 18.0 Å². The molecule has 0 aromatic carbocycles. The van der Waals surface area contributed by atoms with Gasteiger partial charge < -0.3 is 10.2 Å². The lowest BCUT2D eigenvalue weighted by atomic mass is 10.3. The molecule has 0 unspecified atom stereocenters. The number of carbonyl (C=O) groups is 1. The molecule has 5 nitrogen and oxygen atoms in total. The maximum absolute atomic E-state index is 11.8. The van der Waals surface area contributed by atoms with E-state index in [0.29, 0.717) is 11.7 Å². The van der Waals surface area contributed by atoms with Crippen LogP contribution in [0, 0.1) is 0 Å². The highest BCUT2D eigenvalue weighted by atomic mass is 16.2. The Morgan fingerprint density at radius 3 is 2.71 bits per heavy atom. The summed E-state index contributed by atoms with van der Waals surface area (Å²) in [5.41, 5.74) is 0.453. The first-order valence-corrected chi connectivity index (χ1v) is 6.12. The predicted molar refractivity (Wildman–Crippen MR) is 66.1 cm³/mol. The zero-order valence-electron chi connectivity index (χ0n) is 10.3. The molecule has 92 valence electrons. The average molecular weight is 234 g/mol. The first-order chi connectivity index (χ1) is 8.24. The van der Waals surface area contributed by atoms with Gasteiger partial charge in [-0.2, -0.15) is 0 Å². The molecule has 0 radical (unpaired) electrons. The van der Waals surface area contributed by atoms with Crippen LogP contribution in [0.15, 0.2) is 12.4 Å². The van der Waals surface area contributed by atoms with Gasteiger partial charge in [0, 0.05) is 25.2 Å². The summed E-state index contributed by atoms with van der Waals surface area (Å²) in [4.78, 5) is 22.1. The monoisotopic (exact) mass is 234 g/mol. The molecule has 0 atom stereocenters. The van der Waals surface area contributed by atoms with E-state index in [0.717, 1.165) is 31.7 Å². The van der Waals surface area contributed by atoms with Crippen LogP contribution in [-0.2, 0) is 0 Å². The van der Waals surface area contributed by atoms with Crippen molar-refractivity contribution in [3.63, 3.8) is 0 Å². The van der Waals surface area contributed by atoms with E-state index in [-0.39, 0.29) is 5.91 Å². The van der Waals surface area contributed by atoms with E-state index in [2.05, 4.69) is 34.0 Å². The zero-order valence-corrected chi connectivity index (χ0v) is 10.3. The largest absolute Gasteiger partial charge is 0.357 e. The van der Waals surface area contributed by atoms with Crippen molar-refractivity contribution < 1.29 is 4.79 Å². The van der Waals surface area contributed by atoms with Crippen LogP contribution in [-0.4, -0.2) is 35.0 Å². The molecule has 0 saturated heterocycles. The van der Waals surface area contributed by atoms with E-state index in [4.69, 9.17) is 0 Å². The Kier molecular flexibility index (Phi) is 3.56. The lowest BCUT2D eigenvalue weighted by Crippen LogP contribution is -2.28. The quantitative estimate of drug-likeness (QED) is 0.832. The highest BCUT2D eigenvalue weighted by molar-refractivity contribution is 5.93. The van der Waals surface area contributed by atoms with Crippen molar-refractivity contribution in [2.45, 2.75) is 32.7 Å². The second-order valence-electron chi connectivity index (χ2n) is 4.18. The summed E-state index contributed by atoms with van der Waals surface area (Å²) in [5, 5.41) is 2.92. The smallest absolute Gasteiger partial charge is 0.270 e. The molecule has 1 saturated carbocycles. The van der Waals surface area contributed by atoms with Gasteiger partial charge >= 0.3 is 0 Å². The van der Waals surface area contributed by atoms with Crippen LogP contribution in [0.4, 0.5) is 5.82 Å². The number of anilines is 1. The highest BCUT2D eigenvalue weighted by Gasteiger charge is 2.24. The number of amides is 1. The third-order valence-electron chi connectivity index (χ3n) is 2.89. The van der Waals surface area contributed by atoms with Gasteiger partial charge in [-0.05, 0) is 26.7 Å². The topological polar surface area (TPSA) is 58.1 Å². The Labute approximate surface area is 101 Å². The SMILES string of the molecule is CCN(CC)c1cc(C(=O)NC2CC2)ncn1. The van der Waals surface area contributed by atoms with Gasteiger partial charge in [-0.15, -0.1) is 0 Å². The number of nitrogens with zero attached hydrogens (tertiary/aromatic N) is 3. The van der Waals surface area contributed by atoms with Gasteiger partial charge in [0.15, 0.2) is 0 Å². The molecule has 1 N–H and O–H groups in total. The van der Waals surface area contributed by atoms with Gasteiger partial charge in [0.05, 0.1) is 0 Å². The minimum atomic E-state index is -0.0942. The predicted octanol–water partition coefficient (Wildman–Crippen LogP) is 1.21. The maximum atomic E-state index is 11.8. The summed E-state index contributed by atoms with van der Waals surface area (Å²) in [6.07, 6.45) is 3.62. The molecule has 2 rings (SSSR count). The summed E-state index contributed by atoms with van der Waals surface area (Å²) in [6.45, 7) is 5.87. The van der Waals surface area contributed by atoms with Gasteiger partial charge in [-0.25, -0.2) is 9.97 Å². The number of nitrogens with one attached hydrogen (secondary N) is 1. The number of hydrogen-bond acceptors (Lipinski definition) is 4. The number of carbonyl (C=O) groups excluding carboxylic acids is 1. The van der Waals surface area contributed by atoms with Gasteiger partial charge in [0.25, 0.3) is 5.91 Å². The molecule has 1 aromatic rings. The van der Waals surface area contributed by atoms with Crippen molar-refractivity contribution in [2.24, 2.45) is 0 Å². The molecule has 1 aliphatic carbocycles. The summed E-state index contributed by atoms with van der Waals surface area (Å²) >= 11 is 0. The van der Waals surface area contributed by atoms with E-state index in [1.54, 1.807) is 6.07 Å². The second kappa shape index (κ2) is 5.12. The fourth-order valence-electron chi connectivity index (χ4n) is 1.68. The Morgan fingerprint density at radius 1 is 1.41 bits per heavy atom. The molecule has 1 amide bonds. The number of rotatable bonds is 5. The Morgan fingerprint density at radius 2 is 2.12 bits per heavy atom. The minimum absolute atomic E-state index is 0.0942. The summed E-state index contributed by atoms with van der Waals surface area (Å²) in [5.74, 6) is 0.717. The van der Waals surface area contributed by atoms with E-state index in [9.17, 15) is 4.79 Å². The Hall–Kier alpha value is -1.65. The molecular weight excluding hydrogens is 216 g/mol. The minimum Gasteiger partial charge on any atom is -0.357 e. The molecule has 1 fully saturated rings. The van der Waals surface area contributed by atoms with Crippen molar-refractivity contribution in [3.05, 3.63) is 18.1 Å². The molecule has 0 spiro atoms. The third-order valence-corrected chi connectivity index (χ3v) is 2.89. The summed E-state index contributed by atoms with van der Waals surface area (Å²) < 4.78 is 0. The summed E-state index contributed by atoms with van der Waals surface area (Å²) in [6, 6.07) is 2.11. The van der Waals surface area contributed by atoms with Crippen molar-refractivity contribution in [1.29, 1.82) is 0 Å². The van der Waals surface area contributed by atoms with E-state index < -0.39 is 0 Å². The number of hydrogen-bond donors (Lipinski definition) is 1. The normalized spacial score (nSPS) is 14.5. The van der Waals surface area contributed by atoms with E-state index >= 15 is 0 Å². The van der Waals surface area contributed by atoms with Gasteiger partial charge in [-0.3, -0.25) is 4.79 Å². The van der Waals surface area contributed by atoms with Crippen molar-refractivity contribution in [3.8, 4) is 0 Å². The van der Waals surface area contributed by atoms with Crippen LogP contribution in [0.5, 0.6) is 0 Å². The molecule has 0 aliphatic heterocycles. The van der Waals surface area contributed by atoms with Gasteiger partial charge in [-0.1, -0.05) is 0 Å². The molecule has 1 heterocycles. The van der Waals surface area contributed by atoms with Crippen molar-refractivity contribution >= 4 is 11.7 Å². The second-order valence-corrected chi connectivity index (χ2v) is 4.18. The fraction of sp³-hybridized carbons (Fsp3) is 0.583. The summed E-state index contributed by atoms with van der Waals surface area (Å²) in [7, 11) is 0. The Bertz CT molecular complexity index is 399. The first-order valence-electron chi connectivity index (χ1n) is 6.12. The maximum Gasteiger partial charge on any atom is 0.270 e. The van der Waals surface area contributed by atoms with Crippen LogP contribution in [0.3, 0.4) is 0 Å². The van der Waals surface area contributed by atoms with Gasteiger partial charge in [0.1, 0.15) is 17.8 Å². The number of aromatic nitrogens is 2. The molecule has 1 aliphatic rings. The van der Waals surface area contributed by atoms with Crippen LogP contribution < -0.4 is 10.2 Å². The van der Waals surface area contributed by atoms with Crippen molar-refractivity contribution in [1.82, 2.24) is 15.3 Å². The molecule has 5 heteroatoms. The van der Waals surface area contributed by atoms with Crippen LogP contribution in [0.1, 0.15) is 37.2 Å². The molecule has 1 aromatic heterocycles. The molecule has 17 heavy (non-hydrogen) atoms. The average Bonchev–Trinajstić information content (AvgIpc) is 3.15. The van der Waals surface area contributed by atoms with E-state index in [1.165, 1.54) is 6.33 Å². The van der Waals surface area contributed by atoms with Gasteiger partial charge in [0.2, 0.25) is 0 Å². The van der Waals surface area contributed by atoms with Crippen LogP contribution in [0.25, 0.3) is 0 Å². The van der Waals surface area contributed by atoms with Crippen LogP contribution >= 0.6 is 0 Å². The molecular formula is C12H18N4O. The highest BCUT2D eigenvalue weighted by Crippen LogP contribution is 2.19. The zero-order chi connectivity index (χ0) is 12.3. The fourth-order valence-corrected chi connectivity index (χ4v) is 1.68. The van der Waals surface area contributed by atoms with E-state index in [1.807, 2.05) is 0 Å². The lowest BCUT2D eigenvalue weighted by molar-refractivity contribution is 0.0946. The standard InChI is InChI=1S/C12H18N4O/c1-3-16(4-2)11-7-10(13-8-14-11)12(17)15-9-5-6-9/h7-9H,3-6H2,1-2H3,(H,15,17).